The van der Waals surface area contributed by atoms with Crippen LogP contribution in [-0.4, -0.2) is 5.78 Å². The van der Waals surface area contributed by atoms with Crippen LogP contribution in [0, 0.1) is 5.92 Å². The molecule has 1 atom stereocenters. The summed E-state index contributed by atoms with van der Waals surface area (Å²) in [6, 6.07) is 0. The maximum Gasteiger partial charge on any atom is 0.129 e. The number of hydrogen-bond acceptors (Lipinski definition) is 1. The Morgan fingerprint density at radius 1 is 1.43 bits per heavy atom. The molecule has 0 heterocycles. The Kier molecular flexibility index (Phi) is 5.77. The van der Waals surface area contributed by atoms with E-state index in [2.05, 4.69) is 13.2 Å². The number of hydrogen-bond donors (Lipinski definition) is 0. The third-order valence-corrected chi connectivity index (χ3v) is 2.04. The summed E-state index contributed by atoms with van der Waals surface area (Å²) in [7, 11) is 0. The number of Topliss-reactive ketones (excluding diaryl/α,β-unsaturated/α-hetero) is 1. The summed E-state index contributed by atoms with van der Waals surface area (Å²) in [6.45, 7) is 10.4. The second-order valence-electron chi connectivity index (χ2n) is 3.50. The van der Waals surface area contributed by atoms with Gasteiger partial charge in [0.2, 0.25) is 0 Å². The van der Waals surface area contributed by atoms with Gasteiger partial charge in [-0.2, -0.15) is 0 Å². The first-order chi connectivity index (χ1) is 6.43. The minimum Gasteiger partial charge on any atom is -0.300 e. The lowest BCUT2D eigenvalue weighted by atomic mass is 9.96. The molecule has 0 bridgehead atoms. The zero-order chi connectivity index (χ0) is 11.1. The second-order valence-corrected chi connectivity index (χ2v) is 3.50. The normalized spacial score (nSPS) is 12.8. The molecule has 0 spiro atoms. The molecule has 0 aromatic rings. The van der Waals surface area contributed by atoms with E-state index in [4.69, 9.17) is 0 Å². The first-order valence-corrected chi connectivity index (χ1v) is 4.64. The third-order valence-electron chi connectivity index (χ3n) is 2.04. The topological polar surface area (TPSA) is 17.1 Å². The molecule has 1 unspecified atom stereocenters. The van der Waals surface area contributed by atoms with Crippen LogP contribution in [-0.2, 0) is 4.79 Å². The summed E-state index contributed by atoms with van der Waals surface area (Å²) in [5, 5.41) is 0. The molecule has 0 fully saturated rings. The monoisotopic (exact) mass is 196 g/mol. The molecular formula is C12H17FO. The fourth-order valence-corrected chi connectivity index (χ4v) is 0.967. The molecule has 14 heavy (non-hydrogen) atoms. The van der Waals surface area contributed by atoms with Gasteiger partial charge >= 0.3 is 0 Å². The lowest BCUT2D eigenvalue weighted by molar-refractivity contribution is -0.117. The zero-order valence-corrected chi connectivity index (χ0v) is 8.85. The molecule has 0 aromatic carbocycles. The number of carbonyl (C=O) groups is 1. The fraction of sp³-hybridized carbons (Fsp3) is 0.417. The van der Waals surface area contributed by atoms with Gasteiger partial charge in [-0.1, -0.05) is 31.7 Å². The molecule has 1 nitrogen and oxygen atoms in total. The van der Waals surface area contributed by atoms with Gasteiger partial charge in [0, 0.05) is 6.42 Å². The van der Waals surface area contributed by atoms with E-state index in [0.29, 0.717) is 6.42 Å². The molecule has 0 aliphatic carbocycles. The molecule has 0 aromatic heterocycles. The Bertz CT molecular complexity index is 263. The second kappa shape index (κ2) is 6.30. The van der Waals surface area contributed by atoms with Crippen molar-refractivity contribution in [1.29, 1.82) is 0 Å². The lowest BCUT2D eigenvalue weighted by Crippen LogP contribution is -2.00. The van der Waals surface area contributed by atoms with Gasteiger partial charge in [0.15, 0.2) is 0 Å². The Labute approximate surface area is 85.0 Å². The van der Waals surface area contributed by atoms with Gasteiger partial charge in [0.25, 0.3) is 0 Å². The number of halogens is 1. The van der Waals surface area contributed by atoms with Crippen LogP contribution < -0.4 is 0 Å². The van der Waals surface area contributed by atoms with Crippen LogP contribution in [0.4, 0.5) is 4.39 Å². The summed E-state index contributed by atoms with van der Waals surface area (Å²) >= 11 is 0. The number of allylic oxidation sites excluding steroid dienone is 4. The first-order valence-electron chi connectivity index (χ1n) is 4.64. The van der Waals surface area contributed by atoms with Crippen molar-refractivity contribution >= 4 is 5.78 Å². The molecule has 0 N–H and O–H groups in total. The fourth-order valence-electron chi connectivity index (χ4n) is 0.967. The van der Waals surface area contributed by atoms with E-state index < -0.39 is 5.83 Å². The van der Waals surface area contributed by atoms with Gasteiger partial charge < -0.3 is 4.79 Å². The molecule has 0 saturated carbocycles. The molecule has 2 heteroatoms. The van der Waals surface area contributed by atoms with E-state index in [0.717, 1.165) is 12.0 Å². The van der Waals surface area contributed by atoms with Gasteiger partial charge in [0.1, 0.15) is 11.6 Å². The number of ketones is 1. The summed E-state index contributed by atoms with van der Waals surface area (Å²) in [5.41, 5.74) is 0.824. The van der Waals surface area contributed by atoms with Crippen LogP contribution >= 0.6 is 0 Å². The van der Waals surface area contributed by atoms with E-state index in [-0.39, 0.29) is 11.7 Å². The van der Waals surface area contributed by atoms with Crippen LogP contribution in [0.2, 0.25) is 0 Å². The Hall–Kier alpha value is -1.18. The zero-order valence-electron chi connectivity index (χ0n) is 8.85. The van der Waals surface area contributed by atoms with Gasteiger partial charge in [0.05, 0.1) is 0 Å². The van der Waals surface area contributed by atoms with E-state index >= 15 is 0 Å². The number of carbonyl (C=O) groups excluding carboxylic acids is 1. The van der Waals surface area contributed by atoms with E-state index in [1.165, 1.54) is 6.08 Å². The Morgan fingerprint density at radius 3 is 2.43 bits per heavy atom. The predicted molar refractivity (Wildman–Crippen MR) is 57.6 cm³/mol. The van der Waals surface area contributed by atoms with Crippen molar-refractivity contribution in [1.82, 2.24) is 0 Å². The molecule has 0 amide bonds. The summed E-state index contributed by atoms with van der Waals surface area (Å²) < 4.78 is 12.3. The van der Waals surface area contributed by atoms with Crippen molar-refractivity contribution in [2.75, 3.05) is 0 Å². The summed E-state index contributed by atoms with van der Waals surface area (Å²) in [5.74, 6) is -0.108. The predicted octanol–water partition coefficient (Wildman–Crippen LogP) is 3.59. The van der Waals surface area contributed by atoms with Gasteiger partial charge in [-0.3, -0.25) is 0 Å². The molecule has 78 valence electrons. The maximum atomic E-state index is 12.3. The highest BCUT2D eigenvalue weighted by atomic mass is 19.1. The minimum absolute atomic E-state index is 0.170. The lowest BCUT2D eigenvalue weighted by Gasteiger charge is -2.09. The van der Waals surface area contributed by atoms with Crippen molar-refractivity contribution < 1.29 is 9.18 Å². The molecule has 0 saturated heterocycles. The van der Waals surface area contributed by atoms with Crippen molar-refractivity contribution in [3.63, 3.8) is 0 Å². The quantitative estimate of drug-likeness (QED) is 0.593. The molecule has 0 aliphatic heterocycles. The van der Waals surface area contributed by atoms with Crippen LogP contribution in [0.1, 0.15) is 26.7 Å². The van der Waals surface area contributed by atoms with Crippen molar-refractivity contribution in [3.8, 4) is 0 Å². The van der Waals surface area contributed by atoms with Crippen molar-refractivity contribution in [2.45, 2.75) is 26.7 Å². The van der Waals surface area contributed by atoms with Crippen LogP contribution in [0.5, 0.6) is 0 Å². The highest BCUT2D eigenvalue weighted by molar-refractivity contribution is 5.75. The average Bonchev–Trinajstić information content (AvgIpc) is 2.09. The Morgan fingerprint density at radius 2 is 2.00 bits per heavy atom. The summed E-state index contributed by atoms with van der Waals surface area (Å²) in [4.78, 5) is 10.7. The van der Waals surface area contributed by atoms with Gasteiger partial charge in [-0.05, 0) is 25.3 Å². The van der Waals surface area contributed by atoms with E-state index in [9.17, 15) is 9.18 Å². The van der Waals surface area contributed by atoms with Gasteiger partial charge in [-0.25, -0.2) is 4.39 Å². The molecule has 0 aliphatic rings. The Balaban J connectivity index is 3.99. The van der Waals surface area contributed by atoms with E-state index in [1.807, 2.05) is 6.92 Å². The summed E-state index contributed by atoms with van der Waals surface area (Å²) in [6.07, 6.45) is 4.20. The number of rotatable bonds is 6. The maximum absolute atomic E-state index is 12.3. The van der Waals surface area contributed by atoms with Crippen LogP contribution in [0.3, 0.4) is 0 Å². The minimum atomic E-state index is -0.482. The molecular weight excluding hydrogens is 179 g/mol. The smallest absolute Gasteiger partial charge is 0.129 e. The highest BCUT2D eigenvalue weighted by Crippen LogP contribution is 2.16. The van der Waals surface area contributed by atoms with Crippen LogP contribution in [0.25, 0.3) is 0 Å². The largest absolute Gasteiger partial charge is 0.300 e. The highest BCUT2D eigenvalue weighted by Gasteiger charge is 2.05. The third kappa shape index (κ3) is 6.35. The molecule has 0 radical (unpaired) electrons. The first kappa shape index (κ1) is 12.8. The molecule has 0 rings (SSSR count). The van der Waals surface area contributed by atoms with Crippen molar-refractivity contribution in [3.05, 3.63) is 36.7 Å². The van der Waals surface area contributed by atoms with Crippen molar-refractivity contribution in [2.24, 2.45) is 5.92 Å². The SMILES string of the molecule is C=C(F)/C=C\C(=C)C(C)CCC(C)=O. The van der Waals surface area contributed by atoms with Crippen LogP contribution in [0.15, 0.2) is 36.7 Å². The standard InChI is InChI=1S/C12H17FO/c1-9(5-7-11(3)13)10(2)6-8-12(4)14/h5,7,10H,1,3,6,8H2,2,4H3/b7-5-. The van der Waals surface area contributed by atoms with Gasteiger partial charge in [-0.15, -0.1) is 0 Å². The average molecular weight is 196 g/mol. The van der Waals surface area contributed by atoms with E-state index in [1.54, 1.807) is 13.0 Å².